The molecule has 1 fully saturated rings. The number of non-ortho nitro benzene ring substituents is 1. The summed E-state index contributed by atoms with van der Waals surface area (Å²) in [5.74, 6) is -0.0819. The first-order valence-electron chi connectivity index (χ1n) is 8.71. The van der Waals surface area contributed by atoms with Crippen LogP contribution in [0.4, 0.5) is 11.4 Å². The number of hydrogen-bond donors (Lipinski definition) is 0. The third-order valence-corrected chi connectivity index (χ3v) is 5.07. The summed E-state index contributed by atoms with van der Waals surface area (Å²) in [6.45, 7) is 2.35. The second-order valence-corrected chi connectivity index (χ2v) is 6.82. The molecular weight excluding hydrogens is 382 g/mol. The molecule has 0 N–H and O–H groups in total. The molecule has 1 aliphatic heterocycles. The molecule has 0 saturated carbocycles. The molecule has 0 spiro atoms. The Hall–Kier alpha value is -3.26. The molecule has 0 atom stereocenters. The fraction of sp³-hybridized carbons (Fsp3) is 0.211. The van der Waals surface area contributed by atoms with Gasteiger partial charge < -0.3 is 9.80 Å². The van der Waals surface area contributed by atoms with Gasteiger partial charge in [-0.05, 0) is 24.3 Å². The van der Waals surface area contributed by atoms with Crippen molar-refractivity contribution in [2.75, 3.05) is 31.1 Å². The molecule has 0 radical (unpaired) electrons. The smallest absolute Gasteiger partial charge is 0.278 e. The number of anilines is 1. The van der Waals surface area contributed by atoms with E-state index in [1.807, 2.05) is 0 Å². The molecule has 8 nitrogen and oxygen atoms in total. The van der Waals surface area contributed by atoms with Crippen LogP contribution in [0.15, 0.2) is 48.9 Å². The molecule has 1 amide bonds. The zero-order chi connectivity index (χ0) is 19.7. The molecule has 3 heterocycles. The number of hydrogen-bond acceptors (Lipinski definition) is 6. The Labute approximate surface area is 165 Å². The average molecular weight is 398 g/mol. The third-order valence-electron chi connectivity index (χ3n) is 4.85. The first-order chi connectivity index (χ1) is 13.5. The van der Waals surface area contributed by atoms with E-state index in [0.29, 0.717) is 42.3 Å². The highest BCUT2D eigenvalue weighted by atomic mass is 35.5. The number of carbonyl (C=O) groups excluding carboxylic acids is 1. The van der Waals surface area contributed by atoms with Crippen molar-refractivity contribution in [3.8, 4) is 0 Å². The van der Waals surface area contributed by atoms with Gasteiger partial charge in [-0.1, -0.05) is 11.6 Å². The number of pyridine rings is 2. The van der Waals surface area contributed by atoms with E-state index in [0.717, 1.165) is 11.1 Å². The zero-order valence-electron chi connectivity index (χ0n) is 14.8. The van der Waals surface area contributed by atoms with E-state index < -0.39 is 4.92 Å². The number of carbonyl (C=O) groups is 1. The number of nitro benzene ring substituents is 1. The summed E-state index contributed by atoms with van der Waals surface area (Å²) in [6, 6.07) is 8.33. The summed E-state index contributed by atoms with van der Waals surface area (Å²) in [7, 11) is 0. The van der Waals surface area contributed by atoms with Gasteiger partial charge in [0.25, 0.3) is 11.6 Å². The third kappa shape index (κ3) is 3.34. The van der Waals surface area contributed by atoms with Gasteiger partial charge >= 0.3 is 0 Å². The Bertz CT molecular complexity index is 1050. The molecule has 9 heteroatoms. The molecule has 0 aliphatic carbocycles. The van der Waals surface area contributed by atoms with Crippen LogP contribution in [-0.4, -0.2) is 51.9 Å². The lowest BCUT2D eigenvalue weighted by molar-refractivity contribution is -0.383. The maximum absolute atomic E-state index is 12.6. The van der Waals surface area contributed by atoms with E-state index >= 15 is 0 Å². The summed E-state index contributed by atoms with van der Waals surface area (Å²) in [5.41, 5.74) is 1.45. The summed E-state index contributed by atoms with van der Waals surface area (Å²) < 4.78 is 0. The molecule has 0 unspecified atom stereocenters. The van der Waals surface area contributed by atoms with E-state index in [1.165, 1.54) is 18.5 Å². The van der Waals surface area contributed by atoms with Gasteiger partial charge in [-0.25, -0.2) is 4.98 Å². The monoisotopic (exact) mass is 397 g/mol. The molecular formula is C19H16ClN5O3. The highest BCUT2D eigenvalue weighted by Crippen LogP contribution is 2.33. The van der Waals surface area contributed by atoms with E-state index in [-0.39, 0.29) is 11.6 Å². The summed E-state index contributed by atoms with van der Waals surface area (Å²) in [6.07, 6.45) is 4.63. The normalized spacial score (nSPS) is 14.3. The average Bonchev–Trinajstić information content (AvgIpc) is 2.73. The van der Waals surface area contributed by atoms with Crippen molar-refractivity contribution >= 4 is 39.7 Å². The van der Waals surface area contributed by atoms with Gasteiger partial charge in [-0.15, -0.1) is 0 Å². The molecule has 1 saturated heterocycles. The van der Waals surface area contributed by atoms with Gasteiger partial charge in [0.05, 0.1) is 15.9 Å². The Morgan fingerprint density at radius 3 is 2.50 bits per heavy atom. The second kappa shape index (κ2) is 7.40. The number of nitrogens with zero attached hydrogens (tertiary/aromatic N) is 5. The Kier molecular flexibility index (Phi) is 4.79. The number of aromatic nitrogens is 2. The summed E-state index contributed by atoms with van der Waals surface area (Å²) in [4.78, 5) is 35.4. The quantitative estimate of drug-likeness (QED) is 0.383. The minimum atomic E-state index is -0.398. The number of benzene rings is 1. The lowest BCUT2D eigenvalue weighted by Gasteiger charge is -2.36. The van der Waals surface area contributed by atoms with Gasteiger partial charge in [0.15, 0.2) is 0 Å². The number of fused-ring (bicyclic) bond motifs is 1. The van der Waals surface area contributed by atoms with Crippen LogP contribution in [0.25, 0.3) is 10.8 Å². The van der Waals surface area contributed by atoms with Crippen molar-refractivity contribution in [3.05, 3.63) is 69.8 Å². The standard InChI is InChI=1S/C19H16ClN5O3/c20-18-4-1-13(11-22-18)19(26)24-9-7-23(8-10-24)16-2-3-17(25(27)28)15-12-21-6-5-14(15)16/h1-6,11-12H,7-10H2. The van der Waals surface area contributed by atoms with Crippen molar-refractivity contribution in [3.63, 3.8) is 0 Å². The minimum absolute atomic E-state index is 0.0379. The van der Waals surface area contributed by atoms with Crippen LogP contribution in [-0.2, 0) is 0 Å². The first kappa shape index (κ1) is 18.1. The highest BCUT2D eigenvalue weighted by Gasteiger charge is 2.24. The topological polar surface area (TPSA) is 92.5 Å². The molecule has 1 aromatic carbocycles. The predicted molar refractivity (Wildman–Crippen MR) is 106 cm³/mol. The fourth-order valence-electron chi connectivity index (χ4n) is 3.43. The Balaban J connectivity index is 1.54. The molecule has 2 aromatic heterocycles. The van der Waals surface area contributed by atoms with Gasteiger partial charge in [0.2, 0.25) is 0 Å². The van der Waals surface area contributed by atoms with Crippen molar-refractivity contribution in [2.45, 2.75) is 0 Å². The minimum Gasteiger partial charge on any atom is -0.367 e. The van der Waals surface area contributed by atoms with Crippen LogP contribution in [0.5, 0.6) is 0 Å². The number of rotatable bonds is 3. The van der Waals surface area contributed by atoms with Crippen molar-refractivity contribution < 1.29 is 9.72 Å². The highest BCUT2D eigenvalue weighted by molar-refractivity contribution is 6.29. The lowest BCUT2D eigenvalue weighted by Crippen LogP contribution is -2.48. The second-order valence-electron chi connectivity index (χ2n) is 6.43. The van der Waals surface area contributed by atoms with Gasteiger partial charge in [0.1, 0.15) is 5.15 Å². The SMILES string of the molecule is O=C(c1ccc(Cl)nc1)N1CCN(c2ccc([N+](=O)[O-])c3cnccc23)CC1. The maximum Gasteiger partial charge on any atom is 0.278 e. The van der Waals surface area contributed by atoms with E-state index in [4.69, 9.17) is 11.6 Å². The molecule has 0 bridgehead atoms. The number of nitro groups is 1. The predicted octanol–water partition coefficient (Wildman–Crippen LogP) is 3.15. The van der Waals surface area contributed by atoms with Crippen LogP contribution >= 0.6 is 11.6 Å². The first-order valence-corrected chi connectivity index (χ1v) is 9.09. The molecule has 3 aromatic rings. The van der Waals surface area contributed by atoms with E-state index in [2.05, 4.69) is 14.9 Å². The molecule has 142 valence electrons. The van der Waals surface area contributed by atoms with Crippen LogP contribution in [0.2, 0.25) is 5.15 Å². The molecule has 1 aliphatic rings. The van der Waals surface area contributed by atoms with Crippen LogP contribution in [0, 0.1) is 10.1 Å². The lowest BCUT2D eigenvalue weighted by atomic mass is 10.1. The number of halogens is 1. The molecule has 4 rings (SSSR count). The Morgan fingerprint density at radius 1 is 1.04 bits per heavy atom. The van der Waals surface area contributed by atoms with Crippen LogP contribution in [0.3, 0.4) is 0 Å². The van der Waals surface area contributed by atoms with Gasteiger partial charge in [-0.3, -0.25) is 19.9 Å². The molecule has 28 heavy (non-hydrogen) atoms. The zero-order valence-corrected chi connectivity index (χ0v) is 15.5. The van der Waals surface area contributed by atoms with E-state index in [9.17, 15) is 14.9 Å². The number of amides is 1. The Morgan fingerprint density at radius 2 is 1.82 bits per heavy atom. The van der Waals surface area contributed by atoms with Crippen LogP contribution < -0.4 is 4.90 Å². The van der Waals surface area contributed by atoms with Gasteiger partial charge in [0, 0.05) is 61.9 Å². The van der Waals surface area contributed by atoms with Crippen LogP contribution in [0.1, 0.15) is 10.4 Å². The maximum atomic E-state index is 12.6. The van der Waals surface area contributed by atoms with Crippen molar-refractivity contribution in [1.82, 2.24) is 14.9 Å². The summed E-state index contributed by atoms with van der Waals surface area (Å²) >= 11 is 5.78. The number of piperazine rings is 1. The van der Waals surface area contributed by atoms with Crippen molar-refractivity contribution in [2.24, 2.45) is 0 Å². The summed E-state index contributed by atoms with van der Waals surface area (Å²) in [5, 5.41) is 12.9. The fourth-order valence-corrected chi connectivity index (χ4v) is 3.54. The largest absolute Gasteiger partial charge is 0.367 e. The van der Waals surface area contributed by atoms with Crippen molar-refractivity contribution in [1.29, 1.82) is 0 Å². The van der Waals surface area contributed by atoms with Gasteiger partial charge in [-0.2, -0.15) is 0 Å². The van der Waals surface area contributed by atoms with E-state index in [1.54, 1.807) is 35.4 Å².